The average Bonchev–Trinajstić information content (AvgIpc) is 2.95. The molecule has 1 aromatic carbocycles. The molecule has 0 saturated heterocycles. The number of benzene rings is 1. The first kappa shape index (κ1) is 15.6. The number of carbonyl (C=O) groups excluding carboxylic acids is 1. The Kier molecular flexibility index (Phi) is 5.01. The highest BCUT2D eigenvalue weighted by Gasteiger charge is 2.18. The van der Waals surface area contributed by atoms with E-state index >= 15 is 0 Å². The first-order chi connectivity index (χ1) is 10.00. The van der Waals surface area contributed by atoms with Crippen LogP contribution in [0.15, 0.2) is 40.0 Å². The Morgan fingerprint density at radius 2 is 2.00 bits per heavy atom. The number of thioether (sulfide) groups is 1. The normalized spacial score (nSPS) is 11.4. The van der Waals surface area contributed by atoms with Crippen LogP contribution in [0.4, 0.5) is 0 Å². The fraction of sp³-hybridized carbons (Fsp3) is 0.400. The van der Waals surface area contributed by atoms with Gasteiger partial charge in [-0.1, -0.05) is 36.9 Å². The number of amides is 1. The van der Waals surface area contributed by atoms with E-state index in [0.29, 0.717) is 11.1 Å². The van der Waals surface area contributed by atoms with Gasteiger partial charge in [0.1, 0.15) is 0 Å². The van der Waals surface area contributed by atoms with Gasteiger partial charge >= 0.3 is 0 Å². The molecule has 0 saturated carbocycles. The van der Waals surface area contributed by atoms with Crippen molar-refractivity contribution in [3.8, 4) is 11.5 Å². The molecule has 2 rings (SSSR count). The fourth-order valence-corrected chi connectivity index (χ4v) is 2.16. The van der Waals surface area contributed by atoms with E-state index in [2.05, 4.69) is 15.5 Å². The van der Waals surface area contributed by atoms with Gasteiger partial charge in [-0.3, -0.25) is 4.79 Å². The molecule has 0 fully saturated rings. The quantitative estimate of drug-likeness (QED) is 0.830. The molecule has 2 aromatic rings. The average molecular weight is 305 g/mol. The summed E-state index contributed by atoms with van der Waals surface area (Å²) in [5.74, 6) is 0.693. The number of nitrogens with one attached hydrogen (secondary N) is 1. The highest BCUT2D eigenvalue weighted by molar-refractivity contribution is 7.99. The molecule has 0 spiro atoms. The van der Waals surface area contributed by atoms with Crippen molar-refractivity contribution < 1.29 is 9.21 Å². The summed E-state index contributed by atoms with van der Waals surface area (Å²) in [6, 6.07) is 9.55. The van der Waals surface area contributed by atoms with Gasteiger partial charge in [0.15, 0.2) is 0 Å². The highest BCUT2D eigenvalue weighted by Crippen LogP contribution is 2.22. The van der Waals surface area contributed by atoms with Crippen molar-refractivity contribution in [1.82, 2.24) is 15.5 Å². The minimum Gasteiger partial charge on any atom is -0.411 e. The molecule has 21 heavy (non-hydrogen) atoms. The molecule has 5 nitrogen and oxygen atoms in total. The third-order valence-electron chi connectivity index (χ3n) is 3.12. The lowest BCUT2D eigenvalue weighted by atomic mass is 10.0. The third kappa shape index (κ3) is 4.60. The summed E-state index contributed by atoms with van der Waals surface area (Å²) in [7, 11) is 0. The Morgan fingerprint density at radius 1 is 1.29 bits per heavy atom. The van der Waals surface area contributed by atoms with Crippen LogP contribution in [-0.4, -0.2) is 27.4 Å². The molecule has 0 radical (unpaired) electrons. The molecule has 6 heteroatoms. The monoisotopic (exact) mass is 305 g/mol. The number of carbonyl (C=O) groups is 1. The Balaban J connectivity index is 1.90. The van der Waals surface area contributed by atoms with Gasteiger partial charge < -0.3 is 9.73 Å². The van der Waals surface area contributed by atoms with E-state index in [1.54, 1.807) is 0 Å². The summed E-state index contributed by atoms with van der Waals surface area (Å²) in [5.41, 5.74) is 0.676. The van der Waals surface area contributed by atoms with E-state index in [-0.39, 0.29) is 17.2 Å². The Morgan fingerprint density at radius 3 is 2.67 bits per heavy atom. The SMILES string of the molecule is CCC(C)(C)NC(=O)CSc1nnc(-c2ccccc2)o1. The van der Waals surface area contributed by atoms with Crippen LogP contribution in [0.2, 0.25) is 0 Å². The van der Waals surface area contributed by atoms with E-state index in [1.165, 1.54) is 11.8 Å². The van der Waals surface area contributed by atoms with Crippen LogP contribution < -0.4 is 5.32 Å². The van der Waals surface area contributed by atoms with Crippen LogP contribution in [0, 0.1) is 0 Å². The Labute approximate surface area is 128 Å². The molecule has 1 amide bonds. The highest BCUT2D eigenvalue weighted by atomic mass is 32.2. The van der Waals surface area contributed by atoms with Crippen molar-refractivity contribution >= 4 is 17.7 Å². The first-order valence-corrected chi connectivity index (χ1v) is 7.81. The van der Waals surface area contributed by atoms with Crippen molar-refractivity contribution in [2.24, 2.45) is 0 Å². The Hall–Kier alpha value is -1.82. The first-order valence-electron chi connectivity index (χ1n) is 6.83. The fourth-order valence-electron chi connectivity index (χ4n) is 1.59. The van der Waals surface area contributed by atoms with Crippen molar-refractivity contribution in [3.05, 3.63) is 30.3 Å². The Bertz CT molecular complexity index is 596. The minimum absolute atomic E-state index is 0.0358. The molecule has 1 aromatic heterocycles. The second-order valence-electron chi connectivity index (χ2n) is 5.31. The van der Waals surface area contributed by atoms with E-state index < -0.39 is 0 Å². The van der Waals surface area contributed by atoms with Crippen molar-refractivity contribution in [2.75, 3.05) is 5.75 Å². The van der Waals surface area contributed by atoms with Crippen LogP contribution >= 0.6 is 11.8 Å². The maximum Gasteiger partial charge on any atom is 0.277 e. The van der Waals surface area contributed by atoms with Crippen LogP contribution in [0.5, 0.6) is 0 Å². The maximum absolute atomic E-state index is 11.8. The second kappa shape index (κ2) is 6.76. The molecule has 0 unspecified atom stereocenters. The molecule has 112 valence electrons. The lowest BCUT2D eigenvalue weighted by Gasteiger charge is -2.24. The van der Waals surface area contributed by atoms with Gasteiger partial charge in [0, 0.05) is 11.1 Å². The van der Waals surface area contributed by atoms with Crippen LogP contribution in [-0.2, 0) is 4.79 Å². The number of nitrogens with zero attached hydrogens (tertiary/aromatic N) is 2. The molecule has 0 aliphatic heterocycles. The topological polar surface area (TPSA) is 68.0 Å². The standard InChI is InChI=1S/C15H19N3O2S/c1-4-15(2,3)16-12(19)10-21-14-18-17-13(20-14)11-8-6-5-7-9-11/h5-9H,4,10H2,1-3H3,(H,16,19). The van der Waals surface area contributed by atoms with Crippen molar-refractivity contribution in [2.45, 2.75) is 38.0 Å². The molecule has 1 heterocycles. The van der Waals surface area contributed by atoms with Gasteiger partial charge in [0.25, 0.3) is 5.22 Å². The minimum atomic E-state index is -0.193. The summed E-state index contributed by atoms with van der Waals surface area (Å²) in [6.07, 6.45) is 0.877. The zero-order valence-corrected chi connectivity index (χ0v) is 13.2. The molecule has 0 bridgehead atoms. The van der Waals surface area contributed by atoms with Gasteiger partial charge in [-0.15, -0.1) is 10.2 Å². The lowest BCUT2D eigenvalue weighted by molar-refractivity contribution is -0.120. The second-order valence-corrected chi connectivity index (χ2v) is 6.24. The number of hydrogen-bond donors (Lipinski definition) is 1. The maximum atomic E-state index is 11.8. The zero-order valence-electron chi connectivity index (χ0n) is 12.4. The smallest absolute Gasteiger partial charge is 0.277 e. The van der Waals surface area contributed by atoms with Crippen LogP contribution in [0.1, 0.15) is 27.2 Å². The van der Waals surface area contributed by atoms with Gasteiger partial charge in [-0.2, -0.15) is 0 Å². The number of hydrogen-bond acceptors (Lipinski definition) is 5. The summed E-state index contributed by atoms with van der Waals surface area (Å²) >= 11 is 1.24. The van der Waals surface area contributed by atoms with Gasteiger partial charge in [-0.25, -0.2) is 0 Å². The molecule has 0 atom stereocenters. The van der Waals surface area contributed by atoms with Crippen molar-refractivity contribution in [1.29, 1.82) is 0 Å². The van der Waals surface area contributed by atoms with Gasteiger partial charge in [-0.05, 0) is 32.4 Å². The lowest BCUT2D eigenvalue weighted by Crippen LogP contribution is -2.43. The summed E-state index contributed by atoms with van der Waals surface area (Å²) in [5, 5.41) is 11.3. The molecular formula is C15H19N3O2S. The van der Waals surface area contributed by atoms with E-state index in [9.17, 15) is 4.79 Å². The summed E-state index contributed by atoms with van der Waals surface area (Å²) in [6.45, 7) is 6.03. The van der Waals surface area contributed by atoms with Gasteiger partial charge in [0.2, 0.25) is 11.8 Å². The zero-order chi connectivity index (χ0) is 15.3. The third-order valence-corrected chi connectivity index (χ3v) is 3.93. The summed E-state index contributed by atoms with van der Waals surface area (Å²) < 4.78 is 5.54. The largest absolute Gasteiger partial charge is 0.411 e. The van der Waals surface area contributed by atoms with Crippen molar-refractivity contribution in [3.63, 3.8) is 0 Å². The van der Waals surface area contributed by atoms with Crippen LogP contribution in [0.3, 0.4) is 0 Å². The summed E-state index contributed by atoms with van der Waals surface area (Å²) in [4.78, 5) is 11.8. The van der Waals surface area contributed by atoms with E-state index in [1.807, 2.05) is 51.1 Å². The van der Waals surface area contributed by atoms with E-state index in [0.717, 1.165) is 12.0 Å². The molecule has 0 aliphatic carbocycles. The van der Waals surface area contributed by atoms with Gasteiger partial charge in [0.05, 0.1) is 5.75 Å². The number of aromatic nitrogens is 2. The number of rotatable bonds is 6. The van der Waals surface area contributed by atoms with E-state index in [4.69, 9.17) is 4.42 Å². The molecule has 0 aliphatic rings. The molecular weight excluding hydrogens is 286 g/mol. The predicted octanol–water partition coefficient (Wildman–Crippen LogP) is 3.13. The molecule has 1 N–H and O–H groups in total. The predicted molar refractivity (Wildman–Crippen MR) is 83.0 cm³/mol. The van der Waals surface area contributed by atoms with Crippen LogP contribution in [0.25, 0.3) is 11.5 Å².